The first kappa shape index (κ1) is 13.4. The molecule has 3 N–H and O–H groups in total. The van der Waals surface area contributed by atoms with Crippen LogP contribution < -0.4 is 0 Å². The minimum Gasteiger partial charge on any atom is -0.480 e. The molecular weight excluding hydrogens is 206 g/mol. The van der Waals surface area contributed by atoms with Crippen molar-refractivity contribution in [3.8, 4) is 0 Å². The van der Waals surface area contributed by atoms with E-state index in [2.05, 4.69) is 0 Å². The van der Waals surface area contributed by atoms with Crippen molar-refractivity contribution < 1.29 is 29.7 Å². The molecule has 0 fully saturated rings. The number of carbonyl (C=O) groups is 3. The van der Waals surface area contributed by atoms with E-state index in [-0.39, 0.29) is 6.42 Å². The molecule has 0 spiro atoms. The third-order valence-electron chi connectivity index (χ3n) is 1.79. The van der Waals surface area contributed by atoms with Crippen LogP contribution in [0.5, 0.6) is 0 Å². The SMILES string of the molecule is CC[C@H](C(=O)O)N(CC(=O)O)CC(=O)O. The molecular formula is C8H13NO6. The maximum atomic E-state index is 10.7. The average molecular weight is 219 g/mol. The van der Waals surface area contributed by atoms with E-state index in [1.165, 1.54) is 0 Å². The summed E-state index contributed by atoms with van der Waals surface area (Å²) >= 11 is 0. The molecule has 0 aliphatic rings. The Bertz CT molecular complexity index is 248. The van der Waals surface area contributed by atoms with Gasteiger partial charge in [0.25, 0.3) is 0 Å². The first-order valence-corrected chi connectivity index (χ1v) is 4.28. The molecule has 0 rings (SSSR count). The summed E-state index contributed by atoms with van der Waals surface area (Å²) in [7, 11) is 0. The molecule has 0 aromatic heterocycles. The normalized spacial score (nSPS) is 12.4. The molecule has 0 aliphatic carbocycles. The van der Waals surface area contributed by atoms with Gasteiger partial charge >= 0.3 is 17.9 Å². The topological polar surface area (TPSA) is 115 Å². The summed E-state index contributed by atoms with van der Waals surface area (Å²) in [5.41, 5.74) is 0. The van der Waals surface area contributed by atoms with Gasteiger partial charge in [-0.3, -0.25) is 19.3 Å². The molecule has 0 heterocycles. The number of hydrogen-bond acceptors (Lipinski definition) is 4. The molecule has 0 saturated heterocycles. The monoisotopic (exact) mass is 219 g/mol. The first-order valence-electron chi connectivity index (χ1n) is 4.28. The summed E-state index contributed by atoms with van der Waals surface area (Å²) in [6, 6.07) is -1.09. The Kier molecular flexibility index (Phi) is 5.32. The van der Waals surface area contributed by atoms with Gasteiger partial charge in [-0.05, 0) is 6.42 Å². The first-order chi connectivity index (χ1) is 6.88. The maximum absolute atomic E-state index is 10.7. The Labute approximate surface area is 85.9 Å². The highest BCUT2D eigenvalue weighted by molar-refractivity contribution is 5.77. The number of nitrogens with zero attached hydrogens (tertiary/aromatic N) is 1. The fourth-order valence-corrected chi connectivity index (χ4v) is 1.21. The smallest absolute Gasteiger partial charge is 0.320 e. The number of rotatable bonds is 7. The Morgan fingerprint density at radius 3 is 1.67 bits per heavy atom. The van der Waals surface area contributed by atoms with Gasteiger partial charge in [-0.1, -0.05) is 6.92 Å². The second kappa shape index (κ2) is 5.97. The van der Waals surface area contributed by atoms with Crippen LogP contribution in [0.15, 0.2) is 0 Å². The van der Waals surface area contributed by atoms with Gasteiger partial charge < -0.3 is 15.3 Å². The largest absolute Gasteiger partial charge is 0.480 e. The van der Waals surface area contributed by atoms with Gasteiger partial charge in [0.15, 0.2) is 0 Å². The van der Waals surface area contributed by atoms with E-state index in [0.29, 0.717) is 0 Å². The Hall–Kier alpha value is -1.63. The Balaban J connectivity index is 4.64. The minimum atomic E-state index is -1.25. The minimum absolute atomic E-state index is 0.149. The van der Waals surface area contributed by atoms with E-state index in [4.69, 9.17) is 15.3 Å². The zero-order valence-corrected chi connectivity index (χ0v) is 8.21. The Morgan fingerprint density at radius 2 is 1.47 bits per heavy atom. The van der Waals surface area contributed by atoms with Crippen molar-refractivity contribution in [1.29, 1.82) is 0 Å². The van der Waals surface area contributed by atoms with E-state index in [1.807, 2.05) is 0 Å². The van der Waals surface area contributed by atoms with Gasteiger partial charge in [-0.2, -0.15) is 0 Å². The van der Waals surface area contributed by atoms with Gasteiger partial charge in [0.05, 0.1) is 13.1 Å². The summed E-state index contributed by atoms with van der Waals surface area (Å²) in [5.74, 6) is -3.73. The number of carboxylic acids is 3. The molecule has 15 heavy (non-hydrogen) atoms. The van der Waals surface area contributed by atoms with E-state index in [1.54, 1.807) is 6.92 Å². The maximum Gasteiger partial charge on any atom is 0.320 e. The lowest BCUT2D eigenvalue weighted by Crippen LogP contribution is -2.46. The van der Waals surface area contributed by atoms with Crippen molar-refractivity contribution >= 4 is 17.9 Å². The molecule has 7 heteroatoms. The third-order valence-corrected chi connectivity index (χ3v) is 1.79. The second-order valence-corrected chi connectivity index (χ2v) is 2.95. The molecule has 7 nitrogen and oxygen atoms in total. The molecule has 1 atom stereocenters. The van der Waals surface area contributed by atoms with Crippen LogP contribution in [0.2, 0.25) is 0 Å². The predicted molar refractivity (Wildman–Crippen MR) is 48.6 cm³/mol. The van der Waals surface area contributed by atoms with Gasteiger partial charge in [0.2, 0.25) is 0 Å². The van der Waals surface area contributed by atoms with Crippen molar-refractivity contribution in [2.45, 2.75) is 19.4 Å². The summed E-state index contributed by atoms with van der Waals surface area (Å²) in [5, 5.41) is 25.7. The van der Waals surface area contributed by atoms with Crippen LogP contribution in [-0.4, -0.2) is 57.3 Å². The molecule has 0 amide bonds. The van der Waals surface area contributed by atoms with Crippen LogP contribution in [-0.2, 0) is 14.4 Å². The van der Waals surface area contributed by atoms with Gasteiger partial charge in [0, 0.05) is 0 Å². The zero-order valence-electron chi connectivity index (χ0n) is 8.21. The van der Waals surface area contributed by atoms with Crippen LogP contribution in [0.25, 0.3) is 0 Å². The highest BCUT2D eigenvalue weighted by atomic mass is 16.4. The molecule has 0 unspecified atom stereocenters. The van der Waals surface area contributed by atoms with Crippen LogP contribution >= 0.6 is 0 Å². The standard InChI is InChI=1S/C8H13NO6/c1-2-5(8(14)15)9(3-6(10)11)4-7(12)13/h5H,2-4H2,1H3,(H,10,11)(H,12,13)(H,14,15)/t5-/m1/s1. The van der Waals surface area contributed by atoms with Crippen molar-refractivity contribution in [1.82, 2.24) is 4.90 Å². The Morgan fingerprint density at radius 1 is 1.07 bits per heavy atom. The van der Waals surface area contributed by atoms with Gasteiger partial charge in [-0.25, -0.2) is 0 Å². The average Bonchev–Trinajstić information content (AvgIpc) is 2.01. The van der Waals surface area contributed by atoms with E-state index in [9.17, 15) is 14.4 Å². The molecule has 0 saturated carbocycles. The quantitative estimate of drug-likeness (QED) is 0.519. The fourth-order valence-electron chi connectivity index (χ4n) is 1.21. The number of carboxylic acid groups (broad SMARTS) is 3. The molecule has 0 aromatic carbocycles. The third kappa shape index (κ3) is 4.96. The van der Waals surface area contributed by atoms with Gasteiger partial charge in [0.1, 0.15) is 6.04 Å². The number of aliphatic carboxylic acids is 3. The highest BCUT2D eigenvalue weighted by Crippen LogP contribution is 2.04. The van der Waals surface area contributed by atoms with Crippen molar-refractivity contribution in [2.75, 3.05) is 13.1 Å². The van der Waals surface area contributed by atoms with Crippen molar-refractivity contribution in [3.63, 3.8) is 0 Å². The molecule has 0 bridgehead atoms. The van der Waals surface area contributed by atoms with Gasteiger partial charge in [-0.15, -0.1) is 0 Å². The highest BCUT2D eigenvalue weighted by Gasteiger charge is 2.27. The lowest BCUT2D eigenvalue weighted by molar-refractivity contribution is -0.149. The summed E-state index contributed by atoms with van der Waals surface area (Å²) in [4.78, 5) is 32.4. The zero-order chi connectivity index (χ0) is 12.0. The summed E-state index contributed by atoms with van der Waals surface area (Å²) < 4.78 is 0. The lowest BCUT2D eigenvalue weighted by Gasteiger charge is -2.24. The van der Waals surface area contributed by atoms with Crippen LogP contribution in [0.1, 0.15) is 13.3 Å². The predicted octanol–water partition coefficient (Wildman–Crippen LogP) is -0.679. The van der Waals surface area contributed by atoms with Crippen LogP contribution in [0.4, 0.5) is 0 Å². The fraction of sp³-hybridized carbons (Fsp3) is 0.625. The lowest BCUT2D eigenvalue weighted by atomic mass is 10.2. The molecule has 0 aliphatic heterocycles. The summed E-state index contributed by atoms with van der Waals surface area (Å²) in [6.07, 6.45) is 0.149. The van der Waals surface area contributed by atoms with E-state index >= 15 is 0 Å². The van der Waals surface area contributed by atoms with Crippen molar-refractivity contribution in [3.05, 3.63) is 0 Å². The van der Waals surface area contributed by atoms with Crippen LogP contribution in [0, 0.1) is 0 Å². The summed E-state index contributed by atoms with van der Waals surface area (Å²) in [6.45, 7) is 0.351. The molecule has 86 valence electrons. The van der Waals surface area contributed by atoms with E-state index in [0.717, 1.165) is 4.90 Å². The number of hydrogen-bond donors (Lipinski definition) is 3. The van der Waals surface area contributed by atoms with E-state index < -0.39 is 37.0 Å². The van der Waals surface area contributed by atoms with Crippen molar-refractivity contribution in [2.24, 2.45) is 0 Å². The molecule has 0 radical (unpaired) electrons. The second-order valence-electron chi connectivity index (χ2n) is 2.95. The van der Waals surface area contributed by atoms with Crippen LogP contribution in [0.3, 0.4) is 0 Å². The molecule has 0 aromatic rings.